The highest BCUT2D eigenvalue weighted by molar-refractivity contribution is 7.20. The summed E-state index contributed by atoms with van der Waals surface area (Å²) in [7, 11) is 0. The summed E-state index contributed by atoms with van der Waals surface area (Å²) in [6.45, 7) is 8.84. The molecule has 0 radical (unpaired) electrons. The van der Waals surface area contributed by atoms with Gasteiger partial charge in [0, 0.05) is 29.4 Å². The highest BCUT2D eigenvalue weighted by atomic mass is 32.1. The van der Waals surface area contributed by atoms with Gasteiger partial charge in [-0.3, -0.25) is 9.59 Å². The molecule has 0 saturated heterocycles. The first kappa shape index (κ1) is 26.1. The number of rotatable bonds is 6. The van der Waals surface area contributed by atoms with Crippen LogP contribution in [0.3, 0.4) is 0 Å². The number of aryl methyl sites for hydroxylation is 2. The van der Waals surface area contributed by atoms with Crippen LogP contribution in [0.4, 0.5) is 5.69 Å². The Balaban J connectivity index is 1.31. The summed E-state index contributed by atoms with van der Waals surface area (Å²) in [6.07, 6.45) is 3.15. The number of carbonyl (C=O) groups excluding carboxylic acids is 2. The van der Waals surface area contributed by atoms with Crippen LogP contribution in [0.2, 0.25) is 0 Å². The standard InChI is InChI=1S/C29H33N5O3S/c1-16-10-23(34-37-16)26(35)31-21-7-5-6-17(13-21)24(15-30)32-27(36)25-14-19-11-18-12-20(29(2,3)4)8-9-22(18)33-28(19)38-25/h5-7,10-11,13-14,20,24H,8-9,12,15,30H2,1-4H3,(H,31,35)(H,32,36)/t20-,24-/m1/s1. The predicted molar refractivity (Wildman–Crippen MR) is 149 cm³/mol. The third-order valence-corrected chi connectivity index (χ3v) is 8.31. The van der Waals surface area contributed by atoms with Crippen molar-refractivity contribution in [1.82, 2.24) is 15.5 Å². The van der Waals surface area contributed by atoms with Crippen LogP contribution in [-0.4, -0.2) is 28.5 Å². The molecule has 4 N–H and O–H groups in total. The zero-order valence-corrected chi connectivity index (χ0v) is 22.9. The molecule has 0 aliphatic heterocycles. The van der Waals surface area contributed by atoms with Crippen LogP contribution in [0, 0.1) is 18.3 Å². The van der Waals surface area contributed by atoms with Gasteiger partial charge in [-0.05, 0) is 72.9 Å². The van der Waals surface area contributed by atoms with Gasteiger partial charge in [-0.15, -0.1) is 11.3 Å². The molecule has 2 amide bonds. The number of hydrogen-bond acceptors (Lipinski definition) is 7. The fraction of sp³-hybridized carbons (Fsp3) is 0.379. The van der Waals surface area contributed by atoms with Gasteiger partial charge < -0.3 is 20.9 Å². The molecule has 0 bridgehead atoms. The van der Waals surface area contributed by atoms with Crippen molar-refractivity contribution in [2.24, 2.45) is 17.1 Å². The van der Waals surface area contributed by atoms with E-state index in [0.29, 0.717) is 22.2 Å². The zero-order chi connectivity index (χ0) is 27.0. The summed E-state index contributed by atoms with van der Waals surface area (Å²) in [5.74, 6) is 0.616. The minimum absolute atomic E-state index is 0.193. The van der Waals surface area contributed by atoms with Crippen molar-refractivity contribution in [3.05, 3.63) is 75.6 Å². The maximum absolute atomic E-state index is 13.2. The van der Waals surface area contributed by atoms with Gasteiger partial charge in [0.05, 0.1) is 10.9 Å². The molecule has 0 saturated carbocycles. The van der Waals surface area contributed by atoms with Crippen molar-refractivity contribution in [2.45, 2.75) is 53.0 Å². The first-order valence-corrected chi connectivity index (χ1v) is 13.7. The van der Waals surface area contributed by atoms with Crippen molar-refractivity contribution < 1.29 is 14.1 Å². The molecular weight excluding hydrogens is 498 g/mol. The molecule has 8 nitrogen and oxygen atoms in total. The molecule has 2 atom stereocenters. The van der Waals surface area contributed by atoms with E-state index in [1.165, 1.54) is 16.9 Å². The largest absolute Gasteiger partial charge is 0.361 e. The average molecular weight is 532 g/mol. The van der Waals surface area contributed by atoms with Crippen LogP contribution in [0.5, 0.6) is 0 Å². The molecule has 5 rings (SSSR count). The quantitative estimate of drug-likeness (QED) is 0.305. The second-order valence-corrected chi connectivity index (χ2v) is 12.1. The molecule has 4 aromatic rings. The summed E-state index contributed by atoms with van der Waals surface area (Å²) in [4.78, 5) is 32.1. The van der Waals surface area contributed by atoms with E-state index in [9.17, 15) is 9.59 Å². The Hall–Kier alpha value is -3.56. The van der Waals surface area contributed by atoms with Crippen LogP contribution in [0.15, 0.2) is 47.0 Å². The smallest absolute Gasteiger partial charge is 0.277 e. The minimum atomic E-state index is -0.424. The number of carbonyl (C=O) groups is 2. The van der Waals surface area contributed by atoms with Gasteiger partial charge in [0.25, 0.3) is 11.8 Å². The number of amides is 2. The summed E-state index contributed by atoms with van der Waals surface area (Å²) in [5.41, 5.74) is 10.3. The molecule has 0 unspecified atom stereocenters. The Bertz CT molecular complexity index is 1500. The Morgan fingerprint density at radius 1 is 1.18 bits per heavy atom. The van der Waals surface area contributed by atoms with Crippen molar-refractivity contribution in [3.63, 3.8) is 0 Å². The van der Waals surface area contributed by atoms with Crippen LogP contribution >= 0.6 is 11.3 Å². The number of benzene rings is 1. The van der Waals surface area contributed by atoms with E-state index in [0.717, 1.165) is 40.7 Å². The maximum atomic E-state index is 13.2. The number of pyridine rings is 1. The van der Waals surface area contributed by atoms with Crippen LogP contribution in [-0.2, 0) is 12.8 Å². The second-order valence-electron chi connectivity index (χ2n) is 11.1. The Morgan fingerprint density at radius 2 is 2.00 bits per heavy atom. The number of nitrogens with one attached hydrogen (secondary N) is 2. The molecule has 1 aromatic carbocycles. The Labute approximate surface area is 226 Å². The second kappa shape index (κ2) is 10.3. The van der Waals surface area contributed by atoms with Crippen LogP contribution < -0.4 is 16.4 Å². The number of thiophene rings is 1. The van der Waals surface area contributed by atoms with E-state index < -0.39 is 6.04 Å². The van der Waals surface area contributed by atoms with Crippen LogP contribution in [0.1, 0.15) is 76.0 Å². The fourth-order valence-electron chi connectivity index (χ4n) is 4.98. The van der Waals surface area contributed by atoms with E-state index in [-0.39, 0.29) is 29.5 Å². The number of nitrogens with zero attached hydrogens (tertiary/aromatic N) is 2. The molecule has 38 heavy (non-hydrogen) atoms. The lowest BCUT2D eigenvalue weighted by Crippen LogP contribution is -2.33. The van der Waals surface area contributed by atoms with Gasteiger partial charge in [0.15, 0.2) is 5.69 Å². The summed E-state index contributed by atoms with van der Waals surface area (Å²) in [5, 5.41) is 10.6. The molecule has 3 heterocycles. The zero-order valence-electron chi connectivity index (χ0n) is 22.1. The number of anilines is 1. The van der Waals surface area contributed by atoms with Gasteiger partial charge >= 0.3 is 0 Å². The monoisotopic (exact) mass is 531 g/mol. The first-order valence-electron chi connectivity index (χ1n) is 12.9. The average Bonchev–Trinajstić information content (AvgIpc) is 3.51. The predicted octanol–water partition coefficient (Wildman–Crippen LogP) is 5.43. The number of fused-ring (bicyclic) bond motifs is 2. The number of aromatic nitrogens is 2. The molecule has 3 aromatic heterocycles. The van der Waals surface area contributed by atoms with E-state index in [1.807, 2.05) is 18.2 Å². The molecule has 0 spiro atoms. The summed E-state index contributed by atoms with van der Waals surface area (Å²) >= 11 is 1.41. The van der Waals surface area contributed by atoms with E-state index in [2.05, 4.69) is 42.6 Å². The van der Waals surface area contributed by atoms with E-state index in [4.69, 9.17) is 15.2 Å². The van der Waals surface area contributed by atoms with Crippen molar-refractivity contribution in [3.8, 4) is 0 Å². The van der Waals surface area contributed by atoms with Crippen molar-refractivity contribution in [1.29, 1.82) is 0 Å². The third-order valence-electron chi connectivity index (χ3n) is 7.27. The molecule has 198 valence electrons. The lowest BCUT2D eigenvalue weighted by Gasteiger charge is -2.34. The summed E-state index contributed by atoms with van der Waals surface area (Å²) in [6, 6.07) is 12.5. The Kier molecular flexibility index (Phi) is 7.07. The Morgan fingerprint density at radius 3 is 2.71 bits per heavy atom. The van der Waals surface area contributed by atoms with Gasteiger partial charge in [-0.1, -0.05) is 38.1 Å². The van der Waals surface area contributed by atoms with Gasteiger partial charge in [0.1, 0.15) is 10.6 Å². The number of hydrogen-bond donors (Lipinski definition) is 3. The molecule has 1 aliphatic rings. The van der Waals surface area contributed by atoms with E-state index in [1.54, 1.807) is 25.1 Å². The van der Waals surface area contributed by atoms with Gasteiger partial charge in [-0.25, -0.2) is 4.98 Å². The van der Waals surface area contributed by atoms with E-state index >= 15 is 0 Å². The first-order chi connectivity index (χ1) is 18.1. The van der Waals surface area contributed by atoms with Crippen LogP contribution in [0.25, 0.3) is 10.2 Å². The maximum Gasteiger partial charge on any atom is 0.277 e. The molecular formula is C29H33N5O3S. The topological polar surface area (TPSA) is 123 Å². The third kappa shape index (κ3) is 5.49. The minimum Gasteiger partial charge on any atom is -0.361 e. The van der Waals surface area contributed by atoms with Gasteiger partial charge in [-0.2, -0.15) is 0 Å². The van der Waals surface area contributed by atoms with Crippen molar-refractivity contribution >= 4 is 39.1 Å². The van der Waals surface area contributed by atoms with Crippen molar-refractivity contribution in [2.75, 3.05) is 11.9 Å². The SMILES string of the molecule is Cc1cc(C(=O)Nc2cccc([C@@H](CN)NC(=O)c3cc4cc5c(nc4s3)CC[C@@H](C(C)(C)C)C5)c2)no1. The molecule has 9 heteroatoms. The number of nitrogens with two attached hydrogens (primary N) is 1. The molecule has 1 aliphatic carbocycles. The highest BCUT2D eigenvalue weighted by Gasteiger charge is 2.30. The normalized spacial score (nSPS) is 16.2. The fourth-order valence-corrected chi connectivity index (χ4v) is 5.92. The summed E-state index contributed by atoms with van der Waals surface area (Å²) < 4.78 is 4.98. The highest BCUT2D eigenvalue weighted by Crippen LogP contribution is 2.38. The van der Waals surface area contributed by atoms with Gasteiger partial charge in [0.2, 0.25) is 0 Å². The molecule has 0 fully saturated rings. The lowest BCUT2D eigenvalue weighted by atomic mass is 9.71. The lowest BCUT2D eigenvalue weighted by molar-refractivity contribution is 0.0941.